The molecule has 4 N–H and O–H groups in total. The largest absolute Gasteiger partial charge is 0.388 e. The fraction of sp³-hybridized carbons (Fsp3) is 0.471. The monoisotopic (exact) mass is 349 g/mol. The molecule has 1 aromatic rings. The summed E-state index contributed by atoms with van der Waals surface area (Å²) in [6.07, 6.45) is -2.36. The number of likely N-dealkylation sites (tertiary alicyclic amines) is 1. The number of hydrogen-bond acceptors (Lipinski definition) is 5. The molecule has 0 bridgehead atoms. The number of nitrogens with one attached hydrogen (secondary N) is 2. The van der Waals surface area contributed by atoms with Crippen molar-refractivity contribution in [2.24, 2.45) is 0 Å². The zero-order valence-corrected chi connectivity index (χ0v) is 14.2. The van der Waals surface area contributed by atoms with Gasteiger partial charge in [0.05, 0.1) is 12.6 Å². The van der Waals surface area contributed by atoms with Crippen LogP contribution in [-0.4, -0.2) is 70.7 Å². The molecule has 0 spiro atoms. The van der Waals surface area contributed by atoms with Crippen LogP contribution in [0.15, 0.2) is 30.3 Å². The van der Waals surface area contributed by atoms with Crippen molar-refractivity contribution in [3.8, 4) is 0 Å². The van der Waals surface area contributed by atoms with Crippen molar-refractivity contribution in [3.05, 3.63) is 35.9 Å². The first kappa shape index (κ1) is 18.9. The third-order valence-corrected chi connectivity index (χ3v) is 4.19. The quantitative estimate of drug-likeness (QED) is 0.511. The lowest BCUT2D eigenvalue weighted by molar-refractivity contribution is -0.142. The number of aliphatic hydroxyl groups excluding tert-OH is 2. The Kier molecular flexibility index (Phi) is 6.11. The highest BCUT2D eigenvalue weighted by atomic mass is 16.3. The number of rotatable bonds is 5. The number of carbonyl (C=O) groups is 3. The van der Waals surface area contributed by atoms with Gasteiger partial charge in [-0.25, -0.2) is 0 Å². The summed E-state index contributed by atoms with van der Waals surface area (Å²) >= 11 is 0. The Morgan fingerprint density at radius 3 is 2.44 bits per heavy atom. The minimum Gasteiger partial charge on any atom is -0.388 e. The molecule has 4 atom stereocenters. The van der Waals surface area contributed by atoms with E-state index in [-0.39, 0.29) is 18.9 Å². The Morgan fingerprint density at radius 2 is 1.88 bits per heavy atom. The Morgan fingerprint density at radius 1 is 1.24 bits per heavy atom. The molecule has 0 aromatic heterocycles. The van der Waals surface area contributed by atoms with E-state index in [1.54, 1.807) is 0 Å². The van der Waals surface area contributed by atoms with Gasteiger partial charge in [-0.3, -0.25) is 14.4 Å². The number of nitrogens with zero attached hydrogens (tertiary/aromatic N) is 1. The second-order valence-electron chi connectivity index (χ2n) is 6.05. The summed E-state index contributed by atoms with van der Waals surface area (Å²) in [5.41, 5.74) is 0.839. The van der Waals surface area contributed by atoms with Crippen molar-refractivity contribution in [1.82, 2.24) is 15.5 Å². The van der Waals surface area contributed by atoms with Gasteiger partial charge in [0, 0.05) is 20.4 Å². The van der Waals surface area contributed by atoms with Crippen LogP contribution in [0.2, 0.25) is 0 Å². The molecule has 1 heterocycles. The van der Waals surface area contributed by atoms with Crippen molar-refractivity contribution in [3.63, 3.8) is 0 Å². The maximum atomic E-state index is 12.9. The summed E-state index contributed by atoms with van der Waals surface area (Å²) in [6, 6.07) is 7.04. The minimum atomic E-state index is -1.38. The number of hydrogen-bond donors (Lipinski definition) is 4. The average Bonchev–Trinajstić information content (AvgIpc) is 2.88. The summed E-state index contributed by atoms with van der Waals surface area (Å²) in [6.45, 7) is 1.12. The average molecular weight is 349 g/mol. The van der Waals surface area contributed by atoms with Crippen molar-refractivity contribution in [1.29, 1.82) is 0 Å². The number of β-amino-alcohol motifs (C(OH)–C–C–N with tert-alkyl or cyclic N) is 1. The number of aliphatic hydroxyl groups is 2. The Hall–Kier alpha value is -2.45. The molecule has 8 heteroatoms. The molecule has 0 unspecified atom stereocenters. The van der Waals surface area contributed by atoms with E-state index in [4.69, 9.17) is 0 Å². The molecule has 25 heavy (non-hydrogen) atoms. The van der Waals surface area contributed by atoms with Gasteiger partial charge in [-0.2, -0.15) is 0 Å². The Bertz CT molecular complexity index is 636. The zero-order chi connectivity index (χ0) is 18.6. The molecule has 1 saturated heterocycles. The van der Waals surface area contributed by atoms with E-state index in [1.807, 2.05) is 30.3 Å². The van der Waals surface area contributed by atoms with E-state index in [2.05, 4.69) is 10.6 Å². The highest BCUT2D eigenvalue weighted by Gasteiger charge is 2.47. The molecule has 1 fully saturated rings. The van der Waals surface area contributed by atoms with Gasteiger partial charge < -0.3 is 25.7 Å². The smallest absolute Gasteiger partial charge is 0.246 e. The summed E-state index contributed by atoms with van der Waals surface area (Å²) in [5.74, 6) is -1.48. The van der Waals surface area contributed by atoms with Crippen LogP contribution in [0, 0.1) is 0 Å². The fourth-order valence-electron chi connectivity index (χ4n) is 2.98. The lowest BCUT2D eigenvalue weighted by Crippen LogP contribution is -2.55. The molecule has 1 aromatic carbocycles. The van der Waals surface area contributed by atoms with Crippen molar-refractivity contribution >= 4 is 17.7 Å². The van der Waals surface area contributed by atoms with Crippen LogP contribution in [0.3, 0.4) is 0 Å². The molecule has 0 radical (unpaired) electrons. The maximum Gasteiger partial charge on any atom is 0.246 e. The Balaban J connectivity index is 2.25. The number of amides is 3. The zero-order valence-electron chi connectivity index (χ0n) is 14.2. The molecule has 1 aliphatic heterocycles. The fourth-order valence-corrected chi connectivity index (χ4v) is 2.98. The molecular weight excluding hydrogens is 326 g/mol. The van der Waals surface area contributed by atoms with Crippen molar-refractivity contribution < 1.29 is 24.6 Å². The van der Waals surface area contributed by atoms with Gasteiger partial charge in [0.2, 0.25) is 17.7 Å². The topological polar surface area (TPSA) is 119 Å². The van der Waals surface area contributed by atoms with E-state index in [1.165, 1.54) is 14.0 Å². The van der Waals surface area contributed by atoms with Crippen LogP contribution in [0.4, 0.5) is 0 Å². The lowest BCUT2D eigenvalue weighted by Gasteiger charge is -2.28. The van der Waals surface area contributed by atoms with Crippen LogP contribution in [0.25, 0.3) is 0 Å². The summed E-state index contributed by atoms with van der Waals surface area (Å²) < 4.78 is 0. The predicted octanol–water partition coefficient (Wildman–Crippen LogP) is -1.59. The summed E-state index contributed by atoms with van der Waals surface area (Å²) in [5, 5.41) is 24.9. The summed E-state index contributed by atoms with van der Waals surface area (Å²) in [7, 11) is 1.39. The van der Waals surface area contributed by atoms with Gasteiger partial charge in [-0.05, 0) is 5.56 Å². The van der Waals surface area contributed by atoms with Gasteiger partial charge in [-0.15, -0.1) is 0 Å². The first-order valence-electron chi connectivity index (χ1n) is 8.04. The van der Waals surface area contributed by atoms with E-state index >= 15 is 0 Å². The molecule has 0 aliphatic carbocycles. The van der Waals surface area contributed by atoms with E-state index in [0.29, 0.717) is 0 Å². The van der Waals surface area contributed by atoms with Gasteiger partial charge in [0.15, 0.2) is 0 Å². The van der Waals surface area contributed by atoms with Crippen LogP contribution >= 0.6 is 0 Å². The molecule has 136 valence electrons. The van der Waals surface area contributed by atoms with Crippen LogP contribution < -0.4 is 10.6 Å². The second-order valence-corrected chi connectivity index (χ2v) is 6.05. The first-order chi connectivity index (χ1) is 11.8. The maximum absolute atomic E-state index is 12.9. The van der Waals surface area contributed by atoms with E-state index < -0.39 is 36.1 Å². The van der Waals surface area contributed by atoms with Crippen LogP contribution in [-0.2, 0) is 20.8 Å². The predicted molar refractivity (Wildman–Crippen MR) is 89.3 cm³/mol. The molecule has 2 rings (SSSR count). The van der Waals surface area contributed by atoms with Gasteiger partial charge in [0.25, 0.3) is 0 Å². The van der Waals surface area contributed by atoms with Gasteiger partial charge >= 0.3 is 0 Å². The minimum absolute atomic E-state index is 0.178. The molecule has 1 aliphatic rings. The molecule has 3 amide bonds. The second kappa shape index (κ2) is 8.09. The standard InChI is InChI=1S/C17H23N3O5/c1-10(21)19-12(8-11-6-4-3-5-7-11)17(25)20-9-13(22)15(23)14(20)16(24)18-2/h3-7,12-15,22-23H,8-9H2,1-2H3,(H,18,24)(H,19,21)/t12-,13-,14-,15+/m0/s1. The number of likely N-dealkylation sites (N-methyl/N-ethyl adjacent to an activating group) is 1. The normalized spacial score (nSPS) is 23.8. The molecule has 8 nitrogen and oxygen atoms in total. The number of carbonyl (C=O) groups excluding carboxylic acids is 3. The Labute approximate surface area is 145 Å². The first-order valence-corrected chi connectivity index (χ1v) is 8.04. The van der Waals surface area contributed by atoms with Crippen molar-refractivity contribution in [2.45, 2.75) is 37.6 Å². The van der Waals surface area contributed by atoms with Gasteiger partial charge in [0.1, 0.15) is 18.2 Å². The third kappa shape index (κ3) is 4.34. The third-order valence-electron chi connectivity index (χ3n) is 4.19. The van der Waals surface area contributed by atoms with Crippen LogP contribution in [0.5, 0.6) is 0 Å². The van der Waals surface area contributed by atoms with Gasteiger partial charge in [-0.1, -0.05) is 30.3 Å². The SMILES string of the molecule is CNC(=O)[C@@H]1[C@H](O)[C@@H](O)CN1C(=O)[C@H](Cc1ccccc1)NC(C)=O. The van der Waals surface area contributed by atoms with Crippen LogP contribution in [0.1, 0.15) is 12.5 Å². The van der Waals surface area contributed by atoms with E-state index in [0.717, 1.165) is 10.5 Å². The molecule has 0 saturated carbocycles. The highest BCUT2D eigenvalue weighted by Crippen LogP contribution is 2.21. The highest BCUT2D eigenvalue weighted by molar-refractivity contribution is 5.93. The van der Waals surface area contributed by atoms with E-state index in [9.17, 15) is 24.6 Å². The summed E-state index contributed by atoms with van der Waals surface area (Å²) in [4.78, 5) is 37.6. The lowest BCUT2D eigenvalue weighted by atomic mass is 10.0. The molecular formula is C17H23N3O5. The number of benzene rings is 1. The van der Waals surface area contributed by atoms with Crippen molar-refractivity contribution in [2.75, 3.05) is 13.6 Å².